The third-order valence-corrected chi connectivity index (χ3v) is 13.0. The highest BCUT2D eigenvalue weighted by Gasteiger charge is 2.71. The minimum absolute atomic E-state index is 0.0989. The molecule has 5 aliphatic rings. The molecule has 2 unspecified atom stereocenters. The van der Waals surface area contributed by atoms with Gasteiger partial charge in [-0.25, -0.2) is 0 Å². The summed E-state index contributed by atoms with van der Waals surface area (Å²) in [5, 5.41) is 3.62. The molecule has 0 aromatic rings. The van der Waals surface area contributed by atoms with Crippen LogP contribution in [0.5, 0.6) is 0 Å². The van der Waals surface area contributed by atoms with Crippen molar-refractivity contribution in [3.8, 4) is 0 Å². The maximum atomic E-state index is 7.77. The predicted molar refractivity (Wildman–Crippen MR) is 135 cm³/mol. The van der Waals surface area contributed by atoms with Gasteiger partial charge in [-0.3, -0.25) is 0 Å². The Morgan fingerprint density at radius 1 is 0.812 bits per heavy atom. The lowest BCUT2D eigenvalue weighted by atomic mass is 9.36. The Kier molecular flexibility index (Phi) is 5.31. The molecule has 0 bridgehead atoms. The summed E-state index contributed by atoms with van der Waals surface area (Å²) in [6.45, 7) is 15.2. The van der Waals surface area contributed by atoms with Gasteiger partial charge in [0.15, 0.2) is 0 Å². The van der Waals surface area contributed by atoms with E-state index in [1.165, 1.54) is 57.8 Å². The molecule has 0 aromatic carbocycles. The van der Waals surface area contributed by atoms with Crippen molar-refractivity contribution in [3.05, 3.63) is 0 Å². The Balaban J connectivity index is 1.54. The topological polar surface area (TPSA) is 64.1 Å². The highest BCUT2D eigenvalue weighted by atomic mass is 15.0. The molecule has 5 saturated carbocycles. The van der Waals surface area contributed by atoms with E-state index >= 15 is 0 Å². The van der Waals surface area contributed by atoms with Crippen molar-refractivity contribution in [3.63, 3.8) is 0 Å². The van der Waals surface area contributed by atoms with Gasteiger partial charge >= 0.3 is 0 Å². The summed E-state index contributed by atoms with van der Waals surface area (Å²) < 4.78 is 0. The number of nitrogens with one attached hydrogen (secondary N) is 1. The standard InChI is InChI=1S/C29H53N3/c1-18(2)20-10-12-26(5)14-15-27(6)21(24(20)26)8-9-23-28(30)17-19(32-7)16-25(3,4)22(28)11-13-29(23,27)31/h18-24,32H,8-17,30-31H2,1-7H3/t19?,20-,21?,22-,23+,24+,26+,27+,28+,29-/m0/s1. The molecule has 5 rings (SSSR count). The lowest BCUT2D eigenvalue weighted by Crippen LogP contribution is -2.79. The van der Waals surface area contributed by atoms with Crippen LogP contribution in [0.3, 0.4) is 0 Å². The first-order valence-electron chi connectivity index (χ1n) is 14.1. The van der Waals surface area contributed by atoms with Gasteiger partial charge in [0, 0.05) is 17.1 Å². The molecule has 5 fully saturated rings. The largest absolute Gasteiger partial charge is 0.324 e. The maximum absolute atomic E-state index is 7.77. The van der Waals surface area contributed by atoms with E-state index in [1.54, 1.807) is 0 Å². The molecule has 0 aromatic heterocycles. The third-order valence-electron chi connectivity index (χ3n) is 13.0. The van der Waals surface area contributed by atoms with Gasteiger partial charge in [0.2, 0.25) is 0 Å². The molecule has 184 valence electrons. The van der Waals surface area contributed by atoms with Crippen molar-refractivity contribution in [2.75, 3.05) is 7.05 Å². The van der Waals surface area contributed by atoms with Crippen LogP contribution in [0.15, 0.2) is 0 Å². The van der Waals surface area contributed by atoms with Crippen LogP contribution in [-0.2, 0) is 0 Å². The molecule has 3 heteroatoms. The smallest absolute Gasteiger partial charge is 0.0257 e. The number of nitrogens with two attached hydrogens (primary N) is 2. The summed E-state index contributed by atoms with van der Waals surface area (Å²) in [6, 6.07) is 0.522. The summed E-state index contributed by atoms with van der Waals surface area (Å²) in [7, 11) is 2.13. The van der Waals surface area contributed by atoms with E-state index in [2.05, 4.69) is 53.9 Å². The second kappa shape index (κ2) is 7.20. The van der Waals surface area contributed by atoms with Crippen LogP contribution in [0.4, 0.5) is 0 Å². The Bertz CT molecular complexity index is 747. The van der Waals surface area contributed by atoms with Crippen LogP contribution < -0.4 is 16.8 Å². The van der Waals surface area contributed by atoms with Crippen molar-refractivity contribution < 1.29 is 0 Å². The molecule has 0 amide bonds. The monoisotopic (exact) mass is 443 g/mol. The molecule has 0 aliphatic heterocycles. The van der Waals surface area contributed by atoms with Crippen LogP contribution >= 0.6 is 0 Å². The van der Waals surface area contributed by atoms with Gasteiger partial charge in [0.25, 0.3) is 0 Å². The fourth-order valence-corrected chi connectivity index (χ4v) is 11.4. The van der Waals surface area contributed by atoms with E-state index in [0.29, 0.717) is 28.7 Å². The zero-order valence-electron chi connectivity index (χ0n) is 22.3. The molecule has 10 atom stereocenters. The van der Waals surface area contributed by atoms with Crippen LogP contribution in [-0.4, -0.2) is 24.2 Å². The first-order valence-corrected chi connectivity index (χ1v) is 14.1. The number of hydrogen-bond acceptors (Lipinski definition) is 3. The lowest BCUT2D eigenvalue weighted by molar-refractivity contribution is -0.183. The molecule has 0 spiro atoms. The Labute approximate surface area is 198 Å². The molecule has 0 radical (unpaired) electrons. The first-order chi connectivity index (χ1) is 14.8. The average molecular weight is 444 g/mol. The first kappa shape index (κ1) is 23.6. The third kappa shape index (κ3) is 2.89. The number of hydrogen-bond donors (Lipinski definition) is 3. The minimum Gasteiger partial charge on any atom is -0.324 e. The number of fused-ring (bicyclic) bond motifs is 7. The van der Waals surface area contributed by atoms with Crippen molar-refractivity contribution in [1.29, 1.82) is 0 Å². The van der Waals surface area contributed by atoms with Crippen LogP contribution in [0.25, 0.3) is 0 Å². The molecule has 0 heterocycles. The molecule has 32 heavy (non-hydrogen) atoms. The second-order valence-corrected chi connectivity index (χ2v) is 14.9. The molecular formula is C29H53N3. The normalized spacial score (nSPS) is 56.8. The van der Waals surface area contributed by atoms with Crippen molar-refractivity contribution in [2.24, 2.45) is 63.2 Å². The van der Waals surface area contributed by atoms with Gasteiger partial charge in [0.1, 0.15) is 0 Å². The van der Waals surface area contributed by atoms with Gasteiger partial charge in [-0.15, -0.1) is 0 Å². The van der Waals surface area contributed by atoms with Crippen LogP contribution in [0.2, 0.25) is 0 Å². The van der Waals surface area contributed by atoms with Gasteiger partial charge < -0.3 is 16.8 Å². The summed E-state index contributed by atoms with van der Waals surface area (Å²) >= 11 is 0. The van der Waals surface area contributed by atoms with Gasteiger partial charge in [-0.1, -0.05) is 41.5 Å². The summed E-state index contributed by atoms with van der Waals surface area (Å²) in [5.74, 6) is 4.40. The van der Waals surface area contributed by atoms with Crippen LogP contribution in [0.1, 0.15) is 106 Å². The zero-order valence-corrected chi connectivity index (χ0v) is 22.3. The minimum atomic E-state index is -0.121. The Hall–Kier alpha value is -0.120. The van der Waals surface area contributed by atoms with Crippen molar-refractivity contribution in [2.45, 2.75) is 123 Å². The molecule has 5 N–H and O–H groups in total. The van der Waals surface area contributed by atoms with Gasteiger partial charge in [0.05, 0.1) is 0 Å². The maximum Gasteiger partial charge on any atom is 0.0257 e. The fourth-order valence-electron chi connectivity index (χ4n) is 11.4. The van der Waals surface area contributed by atoms with Crippen LogP contribution in [0, 0.1) is 51.8 Å². The van der Waals surface area contributed by atoms with E-state index in [4.69, 9.17) is 11.5 Å². The van der Waals surface area contributed by atoms with E-state index in [0.717, 1.165) is 30.1 Å². The fraction of sp³-hybridized carbons (Fsp3) is 1.00. The molecule has 0 saturated heterocycles. The summed E-state index contributed by atoms with van der Waals surface area (Å²) in [4.78, 5) is 0. The van der Waals surface area contributed by atoms with Gasteiger partial charge in [-0.05, 0) is 123 Å². The molecule has 3 nitrogen and oxygen atoms in total. The van der Waals surface area contributed by atoms with Crippen molar-refractivity contribution in [1.82, 2.24) is 5.32 Å². The average Bonchev–Trinajstić information content (AvgIpc) is 3.05. The highest BCUT2D eigenvalue weighted by Crippen LogP contribution is 2.72. The SMILES string of the molecule is CNC1CC(C)(C)[C@@H]2CC[C@]3(N)[C@H](CCC4[C@H]5[C@H](C(C)C)CC[C@]5(C)CC[C@]43C)[C@@]2(N)C1. The van der Waals surface area contributed by atoms with E-state index in [-0.39, 0.29) is 16.5 Å². The second-order valence-electron chi connectivity index (χ2n) is 14.9. The highest BCUT2D eigenvalue weighted by molar-refractivity contribution is 5.25. The molecule has 5 aliphatic carbocycles. The number of rotatable bonds is 2. The Morgan fingerprint density at radius 2 is 1.53 bits per heavy atom. The van der Waals surface area contributed by atoms with Gasteiger partial charge in [-0.2, -0.15) is 0 Å². The summed E-state index contributed by atoms with van der Waals surface area (Å²) in [6.07, 6.45) is 13.0. The quantitative estimate of drug-likeness (QED) is 0.512. The van der Waals surface area contributed by atoms with Crippen molar-refractivity contribution >= 4 is 0 Å². The predicted octanol–water partition coefficient (Wildman–Crippen LogP) is 5.71. The molecular weight excluding hydrogens is 390 g/mol. The lowest BCUT2D eigenvalue weighted by Gasteiger charge is -2.72. The van der Waals surface area contributed by atoms with E-state index in [1.807, 2.05) is 0 Å². The zero-order chi connectivity index (χ0) is 23.3. The van der Waals surface area contributed by atoms with E-state index in [9.17, 15) is 0 Å². The van der Waals surface area contributed by atoms with E-state index < -0.39 is 0 Å². The summed E-state index contributed by atoms with van der Waals surface area (Å²) in [5.41, 5.74) is 16.2. The Morgan fingerprint density at radius 3 is 2.19 bits per heavy atom.